The molecule has 0 heterocycles. The molecule has 0 aliphatic rings. The summed E-state index contributed by atoms with van der Waals surface area (Å²) in [5.41, 5.74) is -8.96. The van der Waals surface area contributed by atoms with E-state index in [0.717, 1.165) is 0 Å². The van der Waals surface area contributed by atoms with Crippen LogP contribution < -0.4 is 0 Å². The number of hydrogen-bond donors (Lipinski definition) is 0. The molecule has 1 aromatic rings. The first-order chi connectivity index (χ1) is 9.31. The zero-order valence-corrected chi connectivity index (χ0v) is 9.14. The molecule has 21 heavy (non-hydrogen) atoms. The number of rotatable bonds is 2. The Morgan fingerprint density at radius 1 is 0.714 bits per heavy atom. The highest BCUT2D eigenvalue weighted by Gasteiger charge is 2.76. The van der Waals surface area contributed by atoms with Crippen LogP contribution in [0.4, 0.5) is 48.4 Å². The minimum Gasteiger partial charge on any atom is -0.204 e. The number of hydrogen-bond acceptors (Lipinski definition) is 1. The molecule has 0 aliphatic carbocycles. The van der Waals surface area contributed by atoms with Gasteiger partial charge in [-0.25, -0.2) is 17.6 Å². The molecule has 0 radical (unpaired) electrons. The highest BCUT2D eigenvalue weighted by atomic mass is 19.4. The van der Waals surface area contributed by atoms with E-state index in [0.29, 0.717) is 0 Å². The summed E-state index contributed by atoms with van der Waals surface area (Å²) in [6.07, 6.45) is -13.4. The van der Waals surface area contributed by atoms with Gasteiger partial charge in [-0.3, -0.25) is 0 Å². The van der Waals surface area contributed by atoms with Crippen LogP contribution >= 0.6 is 0 Å². The average molecular weight is 334 g/mol. The zero-order valence-electron chi connectivity index (χ0n) is 9.14. The predicted octanol–water partition coefficient (Wildman–Crippen LogP) is 4.46. The topological polar surface area (TPSA) is 9.23 Å². The summed E-state index contributed by atoms with van der Waals surface area (Å²) in [6.45, 7) is 0. The van der Waals surface area contributed by atoms with Gasteiger partial charge in [-0.1, -0.05) is 0 Å². The molecule has 0 fully saturated rings. The van der Waals surface area contributed by atoms with Gasteiger partial charge in [0.15, 0.2) is 23.3 Å². The molecular formula is C9HF11O. The van der Waals surface area contributed by atoms with Crippen molar-refractivity contribution >= 4 is 0 Å². The molecule has 12 heteroatoms. The summed E-state index contributed by atoms with van der Waals surface area (Å²) < 4.78 is 138. The van der Waals surface area contributed by atoms with Crippen LogP contribution in [0.15, 0.2) is 6.07 Å². The molecule has 1 nitrogen and oxygen atoms in total. The first-order valence-corrected chi connectivity index (χ1v) is 4.58. The van der Waals surface area contributed by atoms with Gasteiger partial charge < -0.3 is 0 Å². The molecule has 0 saturated carbocycles. The summed E-state index contributed by atoms with van der Waals surface area (Å²) in [4.78, 5) is 1.84. The van der Waals surface area contributed by atoms with Crippen LogP contribution in [0.5, 0.6) is 0 Å². The summed E-state index contributed by atoms with van der Waals surface area (Å²) in [7, 11) is 0. The Bertz CT molecular complexity index is 530. The van der Waals surface area contributed by atoms with E-state index in [1.54, 1.807) is 0 Å². The van der Waals surface area contributed by atoms with Crippen LogP contribution in [0.1, 0.15) is 5.56 Å². The van der Waals surface area contributed by atoms with Crippen molar-refractivity contribution in [2.75, 3.05) is 0 Å². The molecule has 0 atom stereocenters. The second kappa shape index (κ2) is 5.00. The normalized spacial score (nSPS) is 13.7. The maximum absolute atomic E-state index is 13.2. The van der Waals surface area contributed by atoms with Crippen LogP contribution in [0.2, 0.25) is 0 Å². The second-order valence-electron chi connectivity index (χ2n) is 3.60. The van der Waals surface area contributed by atoms with Crippen molar-refractivity contribution in [2.45, 2.75) is 18.0 Å². The van der Waals surface area contributed by atoms with Gasteiger partial charge in [-0.2, -0.15) is 31.3 Å². The molecule has 0 aliphatic heterocycles. The molecule has 0 N–H and O–H groups in total. The Labute approximate surface area is 107 Å². The lowest BCUT2D eigenvalue weighted by atomic mass is 9.91. The first kappa shape index (κ1) is 17.5. The smallest absolute Gasteiger partial charge is 0.204 e. The van der Waals surface area contributed by atoms with E-state index in [2.05, 4.69) is 0 Å². The number of alkyl halides is 6. The maximum atomic E-state index is 13.2. The van der Waals surface area contributed by atoms with Crippen molar-refractivity contribution in [3.8, 4) is 0 Å². The first-order valence-electron chi connectivity index (χ1n) is 4.58. The van der Waals surface area contributed by atoms with Gasteiger partial charge in [0.2, 0.25) is 0 Å². The average Bonchev–Trinajstić information content (AvgIpc) is 2.30. The van der Waals surface area contributed by atoms with Crippen LogP contribution in [0, 0.1) is 23.3 Å². The molecule has 1 rings (SSSR count). The third-order valence-electron chi connectivity index (χ3n) is 2.40. The zero-order chi connectivity index (χ0) is 16.8. The van der Waals surface area contributed by atoms with E-state index in [4.69, 9.17) is 0 Å². The van der Waals surface area contributed by atoms with Crippen molar-refractivity contribution in [1.29, 1.82) is 0 Å². The summed E-state index contributed by atoms with van der Waals surface area (Å²) >= 11 is 0. The molecule has 1 aromatic carbocycles. The standard InChI is InChI=1S/C9HF11O/c10-3-1-2(4(11)6(13)5(3)12)7(21-20,8(14,15)16)9(17,18)19/h1H. The van der Waals surface area contributed by atoms with E-state index >= 15 is 0 Å². The third-order valence-corrected chi connectivity index (χ3v) is 2.40. The molecular weight excluding hydrogens is 333 g/mol. The Hall–Kier alpha value is -1.59. The molecule has 0 saturated heterocycles. The van der Waals surface area contributed by atoms with Crippen LogP contribution in [-0.4, -0.2) is 12.4 Å². The molecule has 0 bridgehead atoms. The summed E-state index contributed by atoms with van der Waals surface area (Å²) in [5.74, 6) is -11.4. The lowest BCUT2D eigenvalue weighted by Crippen LogP contribution is -2.55. The van der Waals surface area contributed by atoms with Crippen LogP contribution in [0.3, 0.4) is 0 Å². The van der Waals surface area contributed by atoms with E-state index < -0.39 is 52.9 Å². The minimum atomic E-state index is -6.70. The van der Waals surface area contributed by atoms with Gasteiger partial charge >= 0.3 is 18.0 Å². The van der Waals surface area contributed by atoms with Crippen molar-refractivity contribution < 1.29 is 53.4 Å². The fourth-order valence-electron chi connectivity index (χ4n) is 1.42. The quantitative estimate of drug-likeness (QED) is 0.441. The lowest BCUT2D eigenvalue weighted by Gasteiger charge is -2.33. The van der Waals surface area contributed by atoms with Gasteiger partial charge in [-0.05, 0) is 10.6 Å². The van der Waals surface area contributed by atoms with E-state index in [-0.39, 0.29) is 0 Å². The molecule has 0 amide bonds. The molecule has 0 aromatic heterocycles. The third kappa shape index (κ3) is 2.40. The van der Waals surface area contributed by atoms with Gasteiger partial charge in [-0.15, -0.1) is 0 Å². The van der Waals surface area contributed by atoms with Crippen molar-refractivity contribution in [3.05, 3.63) is 34.9 Å². The minimum absolute atomic E-state index is 0.992. The maximum Gasteiger partial charge on any atom is 0.434 e. The van der Waals surface area contributed by atoms with Gasteiger partial charge in [0.1, 0.15) is 0 Å². The SMILES string of the molecule is FOC(c1cc(F)c(F)c(F)c1F)(C(F)(F)F)C(F)(F)F. The predicted molar refractivity (Wildman–Crippen MR) is 42.3 cm³/mol. The highest BCUT2D eigenvalue weighted by molar-refractivity contribution is 5.31. The lowest BCUT2D eigenvalue weighted by molar-refractivity contribution is -0.443. The van der Waals surface area contributed by atoms with E-state index in [9.17, 15) is 48.4 Å². The van der Waals surface area contributed by atoms with Gasteiger partial charge in [0.05, 0.1) is 0 Å². The second-order valence-corrected chi connectivity index (χ2v) is 3.60. The van der Waals surface area contributed by atoms with E-state index in [1.165, 1.54) is 0 Å². The Kier molecular flexibility index (Phi) is 4.16. The monoisotopic (exact) mass is 334 g/mol. The Morgan fingerprint density at radius 3 is 1.48 bits per heavy atom. The van der Waals surface area contributed by atoms with E-state index in [1.807, 2.05) is 4.94 Å². The van der Waals surface area contributed by atoms with Crippen molar-refractivity contribution in [1.82, 2.24) is 0 Å². The fraction of sp³-hybridized carbons (Fsp3) is 0.333. The molecule has 120 valence electrons. The van der Waals surface area contributed by atoms with Gasteiger partial charge in [0.25, 0.3) is 0 Å². The largest absolute Gasteiger partial charge is 0.434 e. The Morgan fingerprint density at radius 2 is 1.14 bits per heavy atom. The summed E-state index contributed by atoms with van der Waals surface area (Å²) in [5, 5.41) is 0. The van der Waals surface area contributed by atoms with Crippen molar-refractivity contribution in [2.24, 2.45) is 0 Å². The molecule has 0 spiro atoms. The van der Waals surface area contributed by atoms with Crippen LogP contribution in [0.25, 0.3) is 0 Å². The number of halogens is 11. The van der Waals surface area contributed by atoms with Crippen molar-refractivity contribution in [3.63, 3.8) is 0 Å². The molecule has 0 unspecified atom stereocenters. The summed E-state index contributed by atoms with van der Waals surface area (Å²) in [6, 6.07) is -0.992. The highest BCUT2D eigenvalue weighted by Crippen LogP contribution is 2.54. The van der Waals surface area contributed by atoms with Crippen LogP contribution in [-0.2, 0) is 10.5 Å². The van der Waals surface area contributed by atoms with Gasteiger partial charge in [0, 0.05) is 5.56 Å². The fourth-order valence-corrected chi connectivity index (χ4v) is 1.42. The Balaban J connectivity index is 3.88. The number of benzene rings is 1.